The number of para-hydroxylation sites is 1. The molecule has 1 saturated carbocycles. The van der Waals surface area contributed by atoms with Crippen LogP contribution in [0.2, 0.25) is 10.0 Å². The summed E-state index contributed by atoms with van der Waals surface area (Å²) in [4.78, 5) is 12.0. The van der Waals surface area contributed by atoms with Crippen molar-refractivity contribution in [2.75, 3.05) is 11.1 Å². The fourth-order valence-corrected chi connectivity index (χ4v) is 2.99. The van der Waals surface area contributed by atoms with Gasteiger partial charge in [-0.3, -0.25) is 4.79 Å². The van der Waals surface area contributed by atoms with Crippen molar-refractivity contribution in [3.63, 3.8) is 0 Å². The van der Waals surface area contributed by atoms with Gasteiger partial charge < -0.3 is 5.32 Å². The molecule has 0 saturated heterocycles. The predicted octanol–water partition coefficient (Wildman–Crippen LogP) is 3.05. The van der Waals surface area contributed by atoms with Crippen LogP contribution in [0, 0.1) is 0 Å². The minimum Gasteiger partial charge on any atom is -0.323 e. The number of nitrogens with zero attached hydrogens (tertiary/aromatic N) is 4. The number of amides is 1. The first-order valence-electron chi connectivity index (χ1n) is 6.29. The number of nitrogens with one attached hydrogen (secondary N) is 1. The van der Waals surface area contributed by atoms with Crippen LogP contribution in [-0.4, -0.2) is 31.9 Å². The zero-order valence-corrected chi connectivity index (χ0v) is 13.1. The lowest BCUT2D eigenvalue weighted by molar-refractivity contribution is -0.113. The average molecular weight is 344 g/mol. The van der Waals surface area contributed by atoms with Gasteiger partial charge in [0.1, 0.15) is 0 Å². The fraction of sp³-hybridized carbons (Fsp3) is 0.333. The molecule has 1 fully saturated rings. The number of carbonyl (C=O) groups excluding carboxylic acids is 1. The number of anilines is 1. The molecular formula is C12H11Cl2N5OS. The van der Waals surface area contributed by atoms with E-state index in [0.717, 1.165) is 12.8 Å². The van der Waals surface area contributed by atoms with E-state index in [-0.39, 0.29) is 11.7 Å². The molecule has 21 heavy (non-hydrogen) atoms. The van der Waals surface area contributed by atoms with E-state index >= 15 is 0 Å². The topological polar surface area (TPSA) is 72.7 Å². The molecule has 9 heteroatoms. The van der Waals surface area contributed by atoms with E-state index in [4.69, 9.17) is 23.2 Å². The molecule has 0 bridgehead atoms. The van der Waals surface area contributed by atoms with Gasteiger partial charge in [-0.05, 0) is 35.4 Å². The Morgan fingerprint density at radius 1 is 1.38 bits per heavy atom. The molecule has 1 aliphatic rings. The second-order valence-electron chi connectivity index (χ2n) is 4.57. The van der Waals surface area contributed by atoms with Crippen molar-refractivity contribution in [1.29, 1.82) is 0 Å². The lowest BCUT2D eigenvalue weighted by atomic mass is 10.3. The number of halogens is 2. The molecule has 0 atom stereocenters. The Labute approximate surface area is 135 Å². The lowest BCUT2D eigenvalue weighted by Gasteiger charge is -2.08. The maximum absolute atomic E-state index is 12.0. The molecule has 1 amide bonds. The number of hydrogen-bond acceptors (Lipinski definition) is 5. The maximum Gasteiger partial charge on any atom is 0.234 e. The van der Waals surface area contributed by atoms with Crippen LogP contribution in [0.25, 0.3) is 0 Å². The van der Waals surface area contributed by atoms with Crippen LogP contribution in [0.5, 0.6) is 0 Å². The number of benzene rings is 1. The summed E-state index contributed by atoms with van der Waals surface area (Å²) in [5.41, 5.74) is 0.424. The number of tetrazole rings is 1. The SMILES string of the molecule is O=C(CSc1nnnn1C1CC1)Nc1c(Cl)cccc1Cl. The Bertz CT molecular complexity index is 653. The Kier molecular flexibility index (Phi) is 4.32. The molecule has 110 valence electrons. The summed E-state index contributed by atoms with van der Waals surface area (Å²) >= 11 is 13.3. The van der Waals surface area contributed by atoms with Crippen molar-refractivity contribution in [3.05, 3.63) is 28.2 Å². The molecule has 1 heterocycles. The van der Waals surface area contributed by atoms with Crippen LogP contribution < -0.4 is 5.32 Å². The fourth-order valence-electron chi connectivity index (χ4n) is 1.75. The summed E-state index contributed by atoms with van der Waals surface area (Å²) in [6.45, 7) is 0. The van der Waals surface area contributed by atoms with Gasteiger partial charge in [0, 0.05) is 0 Å². The normalized spacial score (nSPS) is 14.2. The third kappa shape index (κ3) is 3.48. The first-order valence-corrected chi connectivity index (χ1v) is 8.04. The van der Waals surface area contributed by atoms with Crippen molar-refractivity contribution in [1.82, 2.24) is 20.2 Å². The van der Waals surface area contributed by atoms with E-state index in [9.17, 15) is 4.79 Å². The van der Waals surface area contributed by atoms with Gasteiger partial charge >= 0.3 is 0 Å². The maximum atomic E-state index is 12.0. The number of aromatic nitrogens is 4. The Balaban J connectivity index is 1.60. The molecule has 0 aliphatic heterocycles. The van der Waals surface area contributed by atoms with E-state index in [1.165, 1.54) is 11.8 Å². The number of rotatable bonds is 5. The molecule has 1 aromatic carbocycles. The zero-order chi connectivity index (χ0) is 14.8. The molecule has 6 nitrogen and oxygen atoms in total. The molecule has 1 aliphatic carbocycles. The molecule has 0 unspecified atom stereocenters. The molecule has 1 aromatic heterocycles. The van der Waals surface area contributed by atoms with Gasteiger partial charge in [0.05, 0.1) is 27.5 Å². The number of carbonyl (C=O) groups is 1. The molecule has 0 radical (unpaired) electrons. The minimum atomic E-state index is -0.208. The molecule has 1 N–H and O–H groups in total. The largest absolute Gasteiger partial charge is 0.323 e. The van der Waals surface area contributed by atoms with Crippen LogP contribution in [0.3, 0.4) is 0 Å². The van der Waals surface area contributed by atoms with Gasteiger partial charge in [0.2, 0.25) is 11.1 Å². The summed E-state index contributed by atoms with van der Waals surface area (Å²) in [5, 5.41) is 15.7. The van der Waals surface area contributed by atoms with E-state index in [1.807, 2.05) is 0 Å². The van der Waals surface area contributed by atoms with Gasteiger partial charge in [-0.2, -0.15) is 0 Å². The average Bonchev–Trinajstić information content (AvgIpc) is 3.19. The van der Waals surface area contributed by atoms with Crippen LogP contribution in [0.1, 0.15) is 18.9 Å². The van der Waals surface area contributed by atoms with E-state index in [1.54, 1.807) is 22.9 Å². The monoisotopic (exact) mass is 343 g/mol. The quantitative estimate of drug-likeness (QED) is 0.844. The Hall–Kier alpha value is -1.31. The Morgan fingerprint density at radius 3 is 2.76 bits per heavy atom. The molecule has 0 spiro atoms. The minimum absolute atomic E-state index is 0.189. The smallest absolute Gasteiger partial charge is 0.234 e. The summed E-state index contributed by atoms with van der Waals surface area (Å²) in [7, 11) is 0. The first-order chi connectivity index (χ1) is 10.1. The summed E-state index contributed by atoms with van der Waals surface area (Å²) in [5.74, 6) is -0.0189. The second-order valence-corrected chi connectivity index (χ2v) is 6.33. The second kappa shape index (κ2) is 6.21. The van der Waals surface area contributed by atoms with Gasteiger partial charge in [0.25, 0.3) is 0 Å². The van der Waals surface area contributed by atoms with E-state index < -0.39 is 0 Å². The highest BCUT2D eigenvalue weighted by molar-refractivity contribution is 7.99. The van der Waals surface area contributed by atoms with Crippen LogP contribution in [0.15, 0.2) is 23.4 Å². The van der Waals surface area contributed by atoms with Crippen LogP contribution in [0.4, 0.5) is 5.69 Å². The highest BCUT2D eigenvalue weighted by Crippen LogP contribution is 2.36. The lowest BCUT2D eigenvalue weighted by Crippen LogP contribution is -2.15. The molecule has 2 aromatic rings. The summed E-state index contributed by atoms with van der Waals surface area (Å²) in [6.07, 6.45) is 2.17. The van der Waals surface area contributed by atoms with E-state index in [2.05, 4.69) is 20.8 Å². The molecule has 3 rings (SSSR count). The molecular weight excluding hydrogens is 333 g/mol. The summed E-state index contributed by atoms with van der Waals surface area (Å²) in [6, 6.07) is 5.44. The summed E-state index contributed by atoms with van der Waals surface area (Å²) < 4.78 is 1.76. The van der Waals surface area contributed by atoms with Crippen molar-refractivity contribution in [3.8, 4) is 0 Å². The highest BCUT2D eigenvalue weighted by atomic mass is 35.5. The van der Waals surface area contributed by atoms with Gasteiger partial charge in [-0.1, -0.05) is 41.0 Å². The predicted molar refractivity (Wildman–Crippen MR) is 81.9 cm³/mol. The van der Waals surface area contributed by atoms with Crippen molar-refractivity contribution < 1.29 is 4.79 Å². The number of thioether (sulfide) groups is 1. The van der Waals surface area contributed by atoms with Crippen molar-refractivity contribution >= 4 is 46.6 Å². The van der Waals surface area contributed by atoms with Crippen LogP contribution >= 0.6 is 35.0 Å². The third-order valence-electron chi connectivity index (χ3n) is 2.91. The zero-order valence-electron chi connectivity index (χ0n) is 10.8. The third-order valence-corrected chi connectivity index (χ3v) is 4.48. The van der Waals surface area contributed by atoms with Gasteiger partial charge in [-0.15, -0.1) is 5.10 Å². The Morgan fingerprint density at radius 2 is 2.10 bits per heavy atom. The highest BCUT2D eigenvalue weighted by Gasteiger charge is 2.28. The number of hydrogen-bond donors (Lipinski definition) is 1. The van der Waals surface area contributed by atoms with Gasteiger partial charge in [-0.25, -0.2) is 4.68 Å². The van der Waals surface area contributed by atoms with E-state index in [0.29, 0.717) is 26.9 Å². The first kappa shape index (κ1) is 14.6. The van der Waals surface area contributed by atoms with Gasteiger partial charge in [0.15, 0.2) is 0 Å². The van der Waals surface area contributed by atoms with Crippen LogP contribution in [-0.2, 0) is 4.79 Å². The van der Waals surface area contributed by atoms with Crippen molar-refractivity contribution in [2.24, 2.45) is 0 Å². The van der Waals surface area contributed by atoms with Crippen molar-refractivity contribution in [2.45, 2.75) is 24.0 Å². The standard InChI is InChI=1S/C12H11Cl2N5OS/c13-8-2-1-3-9(14)11(8)15-10(20)6-21-12-16-17-18-19(12)7-4-5-7/h1-3,7H,4-6H2,(H,15,20).